The summed E-state index contributed by atoms with van der Waals surface area (Å²) in [6.45, 7) is 2.53. The Bertz CT molecular complexity index is 525. The average molecular weight is 312 g/mol. The van der Waals surface area contributed by atoms with Crippen molar-refractivity contribution in [1.29, 1.82) is 0 Å². The van der Waals surface area contributed by atoms with Crippen LogP contribution in [0.25, 0.3) is 0 Å². The van der Waals surface area contributed by atoms with E-state index in [1.54, 1.807) is 0 Å². The van der Waals surface area contributed by atoms with Gasteiger partial charge in [-0.2, -0.15) is 0 Å². The molecule has 0 bridgehead atoms. The fraction of sp³-hybridized carbons (Fsp3) is 0.143. The first-order valence-electron chi connectivity index (χ1n) is 5.29. The lowest BCUT2D eigenvalue weighted by Crippen LogP contribution is -1.97. The van der Waals surface area contributed by atoms with Gasteiger partial charge in [0, 0.05) is 15.1 Å². The maximum Gasteiger partial charge on any atom is 0.122 e. The molecule has 0 aromatic heterocycles. The molecule has 0 aliphatic carbocycles. The molecule has 0 saturated heterocycles. The third-order valence-electron chi connectivity index (χ3n) is 2.48. The molecular weight excluding hydrogens is 300 g/mol. The highest BCUT2D eigenvalue weighted by Crippen LogP contribution is 2.24. The molecule has 3 heteroatoms. The molecule has 0 spiro atoms. The Morgan fingerprint density at radius 2 is 1.94 bits per heavy atom. The van der Waals surface area contributed by atoms with Gasteiger partial charge in [0.15, 0.2) is 0 Å². The minimum Gasteiger partial charge on any atom is -0.489 e. The molecule has 0 radical (unpaired) electrons. The molecule has 88 valence electrons. The van der Waals surface area contributed by atoms with Gasteiger partial charge in [-0.3, -0.25) is 0 Å². The lowest BCUT2D eigenvalue weighted by molar-refractivity contribution is 0.303. The van der Waals surface area contributed by atoms with E-state index in [0.717, 1.165) is 26.4 Å². The summed E-state index contributed by atoms with van der Waals surface area (Å²) in [4.78, 5) is 0. The van der Waals surface area contributed by atoms with Crippen molar-refractivity contribution >= 4 is 27.5 Å². The summed E-state index contributed by atoms with van der Waals surface area (Å²) in [5, 5.41) is 0.732. The van der Waals surface area contributed by atoms with E-state index in [1.165, 1.54) is 0 Å². The largest absolute Gasteiger partial charge is 0.489 e. The highest BCUT2D eigenvalue weighted by molar-refractivity contribution is 9.10. The van der Waals surface area contributed by atoms with E-state index in [2.05, 4.69) is 15.9 Å². The van der Waals surface area contributed by atoms with Gasteiger partial charge in [0.25, 0.3) is 0 Å². The van der Waals surface area contributed by atoms with Gasteiger partial charge in [-0.15, -0.1) is 0 Å². The van der Waals surface area contributed by atoms with E-state index in [1.807, 2.05) is 49.4 Å². The fourth-order valence-electron chi connectivity index (χ4n) is 1.55. The van der Waals surface area contributed by atoms with Gasteiger partial charge in [-0.25, -0.2) is 0 Å². The third-order valence-corrected chi connectivity index (χ3v) is 3.49. The standard InChI is InChI=1S/C14H12BrClO/c1-10-8-12(16)6-7-14(10)17-9-11-4-2-3-5-13(11)15/h2-8H,9H2,1H3. The van der Waals surface area contributed by atoms with Crippen LogP contribution in [0.5, 0.6) is 5.75 Å². The van der Waals surface area contributed by atoms with Crippen molar-refractivity contribution < 1.29 is 4.74 Å². The van der Waals surface area contributed by atoms with Gasteiger partial charge in [0.05, 0.1) is 0 Å². The molecule has 0 N–H and O–H groups in total. The summed E-state index contributed by atoms with van der Waals surface area (Å²) >= 11 is 9.40. The van der Waals surface area contributed by atoms with Crippen molar-refractivity contribution in [3.05, 3.63) is 63.1 Å². The number of hydrogen-bond acceptors (Lipinski definition) is 1. The first-order chi connectivity index (χ1) is 8.16. The first-order valence-corrected chi connectivity index (χ1v) is 6.46. The van der Waals surface area contributed by atoms with Crippen LogP contribution in [0.2, 0.25) is 5.02 Å². The van der Waals surface area contributed by atoms with Crippen molar-refractivity contribution in [2.24, 2.45) is 0 Å². The van der Waals surface area contributed by atoms with Gasteiger partial charge in [0.1, 0.15) is 12.4 Å². The summed E-state index contributed by atoms with van der Waals surface area (Å²) in [6, 6.07) is 13.7. The zero-order valence-electron chi connectivity index (χ0n) is 9.41. The van der Waals surface area contributed by atoms with Crippen molar-refractivity contribution in [2.75, 3.05) is 0 Å². The lowest BCUT2D eigenvalue weighted by atomic mass is 10.2. The molecule has 2 aromatic rings. The Hall–Kier alpha value is -0.990. The lowest BCUT2D eigenvalue weighted by Gasteiger charge is -2.10. The summed E-state index contributed by atoms with van der Waals surface area (Å²) in [6.07, 6.45) is 0. The molecule has 0 saturated carbocycles. The van der Waals surface area contributed by atoms with E-state index in [0.29, 0.717) is 6.61 Å². The summed E-state index contributed by atoms with van der Waals surface area (Å²) in [5.74, 6) is 0.866. The monoisotopic (exact) mass is 310 g/mol. The Labute approximate surface area is 115 Å². The quantitative estimate of drug-likeness (QED) is 0.776. The molecule has 1 nitrogen and oxygen atoms in total. The van der Waals surface area contributed by atoms with Crippen molar-refractivity contribution in [3.8, 4) is 5.75 Å². The van der Waals surface area contributed by atoms with Gasteiger partial charge < -0.3 is 4.74 Å². The summed E-state index contributed by atoms with van der Waals surface area (Å²) in [7, 11) is 0. The summed E-state index contributed by atoms with van der Waals surface area (Å²) in [5.41, 5.74) is 2.17. The van der Waals surface area contributed by atoms with Crippen LogP contribution in [0.15, 0.2) is 46.9 Å². The van der Waals surface area contributed by atoms with E-state index >= 15 is 0 Å². The molecule has 0 aliphatic rings. The zero-order chi connectivity index (χ0) is 12.3. The van der Waals surface area contributed by atoms with E-state index < -0.39 is 0 Å². The molecular formula is C14H12BrClO. The second-order valence-electron chi connectivity index (χ2n) is 3.79. The number of benzene rings is 2. The van der Waals surface area contributed by atoms with Crippen LogP contribution in [-0.2, 0) is 6.61 Å². The Morgan fingerprint density at radius 3 is 2.65 bits per heavy atom. The van der Waals surface area contributed by atoms with Crippen molar-refractivity contribution in [3.63, 3.8) is 0 Å². The van der Waals surface area contributed by atoms with Crippen LogP contribution in [-0.4, -0.2) is 0 Å². The molecule has 17 heavy (non-hydrogen) atoms. The Balaban J connectivity index is 2.10. The summed E-state index contributed by atoms with van der Waals surface area (Å²) < 4.78 is 6.83. The number of rotatable bonds is 3. The predicted molar refractivity (Wildman–Crippen MR) is 74.7 cm³/mol. The molecule has 0 aliphatic heterocycles. The highest BCUT2D eigenvalue weighted by Gasteiger charge is 2.03. The average Bonchev–Trinajstić information content (AvgIpc) is 2.30. The fourth-order valence-corrected chi connectivity index (χ4v) is 2.17. The van der Waals surface area contributed by atoms with Crippen LogP contribution in [0.1, 0.15) is 11.1 Å². The van der Waals surface area contributed by atoms with E-state index in [4.69, 9.17) is 16.3 Å². The zero-order valence-corrected chi connectivity index (χ0v) is 11.8. The van der Waals surface area contributed by atoms with E-state index in [9.17, 15) is 0 Å². The molecule has 2 rings (SSSR count). The maximum atomic E-state index is 5.90. The highest BCUT2D eigenvalue weighted by atomic mass is 79.9. The molecule has 0 atom stereocenters. The molecule has 0 fully saturated rings. The maximum absolute atomic E-state index is 5.90. The third kappa shape index (κ3) is 3.24. The van der Waals surface area contributed by atoms with Crippen molar-refractivity contribution in [1.82, 2.24) is 0 Å². The minimum absolute atomic E-state index is 0.546. The Kier molecular flexibility index (Phi) is 4.08. The minimum atomic E-state index is 0.546. The second-order valence-corrected chi connectivity index (χ2v) is 5.08. The molecule has 0 heterocycles. The van der Waals surface area contributed by atoms with Crippen molar-refractivity contribution in [2.45, 2.75) is 13.5 Å². The molecule has 0 unspecified atom stereocenters. The van der Waals surface area contributed by atoms with E-state index in [-0.39, 0.29) is 0 Å². The number of ether oxygens (including phenoxy) is 1. The molecule has 2 aromatic carbocycles. The SMILES string of the molecule is Cc1cc(Cl)ccc1OCc1ccccc1Br. The van der Waals surface area contributed by atoms with Gasteiger partial charge in [0.2, 0.25) is 0 Å². The number of hydrogen-bond donors (Lipinski definition) is 0. The molecule has 0 amide bonds. The van der Waals surface area contributed by atoms with Gasteiger partial charge in [-0.05, 0) is 36.8 Å². The normalized spacial score (nSPS) is 10.3. The Morgan fingerprint density at radius 1 is 1.18 bits per heavy atom. The van der Waals surface area contributed by atoms with Crippen LogP contribution < -0.4 is 4.74 Å². The van der Waals surface area contributed by atoms with Gasteiger partial charge in [-0.1, -0.05) is 45.7 Å². The number of aryl methyl sites for hydroxylation is 1. The van der Waals surface area contributed by atoms with Crippen LogP contribution in [0.4, 0.5) is 0 Å². The predicted octanol–water partition coefficient (Wildman–Crippen LogP) is 4.99. The topological polar surface area (TPSA) is 9.23 Å². The second kappa shape index (κ2) is 5.56. The van der Waals surface area contributed by atoms with Crippen LogP contribution in [0.3, 0.4) is 0 Å². The van der Waals surface area contributed by atoms with Gasteiger partial charge >= 0.3 is 0 Å². The first kappa shape index (κ1) is 12.5. The smallest absolute Gasteiger partial charge is 0.122 e. The van der Waals surface area contributed by atoms with Crippen LogP contribution in [0, 0.1) is 6.92 Å². The number of halogens is 2. The van der Waals surface area contributed by atoms with Crippen LogP contribution >= 0.6 is 27.5 Å².